The van der Waals surface area contributed by atoms with Gasteiger partial charge in [0.05, 0.1) is 11.7 Å². The summed E-state index contributed by atoms with van der Waals surface area (Å²) in [6, 6.07) is 4.90. The van der Waals surface area contributed by atoms with E-state index in [4.69, 9.17) is 0 Å². The van der Waals surface area contributed by atoms with Gasteiger partial charge in [-0.3, -0.25) is 14.6 Å². The maximum Gasteiger partial charge on any atom is 0.248 e. The Kier molecular flexibility index (Phi) is 4.03. The molecule has 1 saturated heterocycles. The van der Waals surface area contributed by atoms with E-state index in [0.717, 1.165) is 5.69 Å². The molecule has 1 aliphatic rings. The fourth-order valence-corrected chi connectivity index (χ4v) is 2.82. The van der Waals surface area contributed by atoms with E-state index in [1.165, 1.54) is 0 Å². The second-order valence-electron chi connectivity index (χ2n) is 6.45. The molecule has 21 heavy (non-hydrogen) atoms. The highest BCUT2D eigenvalue weighted by Gasteiger charge is 2.48. The van der Waals surface area contributed by atoms with Crippen molar-refractivity contribution in [2.24, 2.45) is 5.92 Å². The van der Waals surface area contributed by atoms with Crippen LogP contribution in [0.2, 0.25) is 0 Å². The van der Waals surface area contributed by atoms with Gasteiger partial charge in [-0.05, 0) is 38.8 Å². The van der Waals surface area contributed by atoms with E-state index in [1.54, 1.807) is 24.9 Å². The van der Waals surface area contributed by atoms with Gasteiger partial charge in [-0.15, -0.1) is 0 Å². The van der Waals surface area contributed by atoms with Gasteiger partial charge < -0.3 is 10.2 Å². The van der Waals surface area contributed by atoms with Crippen molar-refractivity contribution in [2.75, 3.05) is 0 Å². The highest BCUT2D eigenvalue weighted by Crippen LogP contribution is 2.30. The number of piperazine rings is 1. The highest BCUT2D eigenvalue weighted by atomic mass is 16.2. The molecule has 2 atom stereocenters. The van der Waals surface area contributed by atoms with Crippen molar-refractivity contribution < 1.29 is 9.59 Å². The number of amides is 2. The van der Waals surface area contributed by atoms with Crippen LogP contribution in [-0.4, -0.2) is 33.3 Å². The van der Waals surface area contributed by atoms with Crippen molar-refractivity contribution in [1.82, 2.24) is 15.2 Å². The van der Waals surface area contributed by atoms with Gasteiger partial charge in [0, 0.05) is 6.20 Å². The minimum Gasteiger partial charge on any atom is -0.340 e. The van der Waals surface area contributed by atoms with Crippen LogP contribution in [0.3, 0.4) is 0 Å². The molecular formula is C16H23N3O2. The SMILES string of the molecule is CC(C)C1C(=O)NC(C)(C)C(=O)N1C(C)c1ccccn1. The lowest BCUT2D eigenvalue weighted by atomic mass is 9.89. The second kappa shape index (κ2) is 5.47. The Balaban J connectivity index is 2.44. The quantitative estimate of drug-likeness (QED) is 0.924. The molecule has 2 amide bonds. The van der Waals surface area contributed by atoms with Crippen molar-refractivity contribution in [3.63, 3.8) is 0 Å². The van der Waals surface area contributed by atoms with E-state index in [9.17, 15) is 9.59 Å². The summed E-state index contributed by atoms with van der Waals surface area (Å²) in [5.41, 5.74) is -0.0899. The first kappa shape index (κ1) is 15.5. The van der Waals surface area contributed by atoms with Crippen molar-refractivity contribution in [2.45, 2.75) is 52.2 Å². The van der Waals surface area contributed by atoms with E-state index in [1.807, 2.05) is 39.0 Å². The standard InChI is InChI=1S/C16H23N3O2/c1-10(2)13-14(20)18-16(4,5)15(21)19(13)11(3)12-8-6-7-9-17-12/h6-11,13H,1-5H3,(H,18,20). The zero-order valence-electron chi connectivity index (χ0n) is 13.3. The lowest BCUT2D eigenvalue weighted by Crippen LogP contribution is -2.69. The van der Waals surface area contributed by atoms with E-state index in [0.29, 0.717) is 0 Å². The Morgan fingerprint density at radius 2 is 1.90 bits per heavy atom. The predicted octanol–water partition coefficient (Wildman–Crippen LogP) is 1.90. The number of nitrogens with zero attached hydrogens (tertiary/aromatic N) is 2. The molecule has 0 spiro atoms. The molecule has 2 heterocycles. The minimum absolute atomic E-state index is 0.0382. The molecule has 0 aliphatic carbocycles. The summed E-state index contributed by atoms with van der Waals surface area (Å²) in [4.78, 5) is 31.2. The topological polar surface area (TPSA) is 62.3 Å². The van der Waals surface area contributed by atoms with Crippen LogP contribution in [-0.2, 0) is 9.59 Å². The molecule has 1 aromatic rings. The number of aromatic nitrogens is 1. The fraction of sp³-hybridized carbons (Fsp3) is 0.562. The zero-order valence-corrected chi connectivity index (χ0v) is 13.3. The summed E-state index contributed by atoms with van der Waals surface area (Å²) in [7, 11) is 0. The van der Waals surface area contributed by atoms with E-state index < -0.39 is 11.6 Å². The number of hydrogen-bond donors (Lipinski definition) is 1. The average Bonchev–Trinajstić information content (AvgIpc) is 2.41. The molecule has 1 aliphatic heterocycles. The van der Waals surface area contributed by atoms with Crippen LogP contribution in [0.1, 0.15) is 46.4 Å². The smallest absolute Gasteiger partial charge is 0.248 e. The zero-order chi connectivity index (χ0) is 15.8. The fourth-order valence-electron chi connectivity index (χ4n) is 2.82. The maximum absolute atomic E-state index is 12.8. The summed E-state index contributed by atoms with van der Waals surface area (Å²) in [5, 5.41) is 2.82. The van der Waals surface area contributed by atoms with Gasteiger partial charge in [0.2, 0.25) is 11.8 Å². The molecule has 114 valence electrons. The van der Waals surface area contributed by atoms with Gasteiger partial charge in [-0.25, -0.2) is 0 Å². The van der Waals surface area contributed by atoms with Gasteiger partial charge in [-0.2, -0.15) is 0 Å². The predicted molar refractivity (Wildman–Crippen MR) is 80.3 cm³/mol. The van der Waals surface area contributed by atoms with Gasteiger partial charge in [0.15, 0.2) is 0 Å². The monoisotopic (exact) mass is 289 g/mol. The molecule has 1 aromatic heterocycles. The van der Waals surface area contributed by atoms with Crippen LogP contribution in [0.15, 0.2) is 24.4 Å². The molecule has 0 bridgehead atoms. The van der Waals surface area contributed by atoms with Crippen LogP contribution < -0.4 is 5.32 Å². The van der Waals surface area contributed by atoms with Crippen molar-refractivity contribution in [3.05, 3.63) is 30.1 Å². The molecule has 5 nitrogen and oxygen atoms in total. The van der Waals surface area contributed by atoms with Gasteiger partial charge in [-0.1, -0.05) is 19.9 Å². The van der Waals surface area contributed by atoms with E-state index in [-0.39, 0.29) is 23.8 Å². The van der Waals surface area contributed by atoms with Crippen LogP contribution in [0.4, 0.5) is 0 Å². The first-order valence-corrected chi connectivity index (χ1v) is 7.31. The second-order valence-corrected chi connectivity index (χ2v) is 6.45. The number of hydrogen-bond acceptors (Lipinski definition) is 3. The molecule has 2 unspecified atom stereocenters. The Morgan fingerprint density at radius 1 is 1.24 bits per heavy atom. The van der Waals surface area contributed by atoms with E-state index >= 15 is 0 Å². The lowest BCUT2D eigenvalue weighted by Gasteiger charge is -2.46. The number of carbonyl (C=O) groups excluding carboxylic acids is 2. The average molecular weight is 289 g/mol. The number of nitrogens with one attached hydrogen (secondary N) is 1. The molecule has 0 radical (unpaired) electrons. The summed E-state index contributed by atoms with van der Waals surface area (Å²) in [6.07, 6.45) is 1.70. The third kappa shape index (κ3) is 2.77. The summed E-state index contributed by atoms with van der Waals surface area (Å²) in [5.74, 6) is -0.132. The Labute approximate surface area is 125 Å². The molecule has 5 heteroatoms. The molecule has 0 aromatic carbocycles. The van der Waals surface area contributed by atoms with Crippen molar-refractivity contribution in [3.8, 4) is 0 Å². The summed E-state index contributed by atoms with van der Waals surface area (Å²) in [6.45, 7) is 9.30. The third-order valence-electron chi connectivity index (χ3n) is 3.94. The highest BCUT2D eigenvalue weighted by molar-refractivity contribution is 5.99. The maximum atomic E-state index is 12.8. The van der Waals surface area contributed by atoms with Gasteiger partial charge in [0.25, 0.3) is 0 Å². The Hall–Kier alpha value is -1.91. The van der Waals surface area contributed by atoms with Crippen molar-refractivity contribution >= 4 is 11.8 Å². The number of pyridine rings is 1. The Morgan fingerprint density at radius 3 is 2.43 bits per heavy atom. The molecule has 2 rings (SSSR count). The van der Waals surface area contributed by atoms with Crippen LogP contribution in [0.25, 0.3) is 0 Å². The van der Waals surface area contributed by atoms with Gasteiger partial charge >= 0.3 is 0 Å². The molecule has 1 fully saturated rings. The first-order chi connectivity index (χ1) is 9.75. The minimum atomic E-state index is -0.883. The largest absolute Gasteiger partial charge is 0.340 e. The molecule has 0 saturated carbocycles. The van der Waals surface area contributed by atoms with Crippen LogP contribution in [0, 0.1) is 5.92 Å². The van der Waals surface area contributed by atoms with Crippen molar-refractivity contribution in [1.29, 1.82) is 0 Å². The molecule has 1 N–H and O–H groups in total. The number of carbonyl (C=O) groups is 2. The normalized spacial score (nSPS) is 23.1. The van der Waals surface area contributed by atoms with Crippen LogP contribution in [0.5, 0.6) is 0 Å². The van der Waals surface area contributed by atoms with Crippen LogP contribution >= 0.6 is 0 Å². The van der Waals surface area contributed by atoms with E-state index in [2.05, 4.69) is 10.3 Å². The Bertz CT molecular complexity index is 540. The summed E-state index contributed by atoms with van der Waals surface area (Å²) >= 11 is 0. The summed E-state index contributed by atoms with van der Waals surface area (Å²) < 4.78 is 0. The number of rotatable bonds is 3. The van der Waals surface area contributed by atoms with Gasteiger partial charge in [0.1, 0.15) is 11.6 Å². The first-order valence-electron chi connectivity index (χ1n) is 7.31. The molecular weight excluding hydrogens is 266 g/mol. The third-order valence-corrected chi connectivity index (χ3v) is 3.94. The lowest BCUT2D eigenvalue weighted by molar-refractivity contribution is -0.158.